The Bertz CT molecular complexity index is 577. The van der Waals surface area contributed by atoms with Crippen LogP contribution in [0.5, 0.6) is 11.5 Å². The number of pyridine rings is 1. The van der Waals surface area contributed by atoms with Gasteiger partial charge in [0.15, 0.2) is 5.75 Å². The van der Waals surface area contributed by atoms with E-state index in [1.54, 1.807) is 36.4 Å². The van der Waals surface area contributed by atoms with Gasteiger partial charge in [-0.25, -0.2) is 9.78 Å². The third-order valence-corrected chi connectivity index (χ3v) is 2.67. The first-order valence-corrected chi connectivity index (χ1v) is 5.69. The van der Waals surface area contributed by atoms with Crippen molar-refractivity contribution in [2.45, 2.75) is 0 Å². The molecule has 0 aliphatic carbocycles. The van der Waals surface area contributed by atoms with E-state index in [1.807, 2.05) is 12.1 Å². The van der Waals surface area contributed by atoms with E-state index in [0.717, 1.165) is 0 Å². The van der Waals surface area contributed by atoms with Crippen LogP contribution in [0.1, 0.15) is 5.56 Å². The summed E-state index contributed by atoms with van der Waals surface area (Å²) in [5.74, 6) is 2.93. The van der Waals surface area contributed by atoms with Crippen LogP contribution in [0.2, 0.25) is 0 Å². The topological polar surface area (TPSA) is 39.2 Å². The summed E-state index contributed by atoms with van der Waals surface area (Å²) in [6, 6.07) is 10.8. The molecule has 84 valence electrons. The number of para-hydroxylation sites is 1. The molecule has 0 aliphatic rings. The van der Waals surface area contributed by atoms with Gasteiger partial charge in [-0.2, -0.15) is 0 Å². The second kappa shape index (κ2) is 5.43. The van der Waals surface area contributed by atoms with Gasteiger partial charge in [0.25, 0.3) is 0 Å². The van der Waals surface area contributed by atoms with Crippen LogP contribution < -0.4 is 4.74 Å². The number of aromatic nitrogens is 1. The first-order chi connectivity index (χ1) is 8.31. The van der Waals surface area contributed by atoms with E-state index in [0.29, 0.717) is 21.7 Å². The van der Waals surface area contributed by atoms with Crippen LogP contribution in [0.15, 0.2) is 47.2 Å². The van der Waals surface area contributed by atoms with Crippen molar-refractivity contribution in [2.24, 2.45) is 0 Å². The van der Waals surface area contributed by atoms with Crippen LogP contribution in [0.3, 0.4) is 0 Å². The Morgan fingerprint density at radius 1 is 1.18 bits per heavy atom. The molecule has 0 bridgehead atoms. The lowest BCUT2D eigenvalue weighted by molar-refractivity contribution is 0.475. The van der Waals surface area contributed by atoms with Crippen molar-refractivity contribution in [1.29, 1.82) is 0 Å². The quantitative estimate of drug-likeness (QED) is 0.641. The van der Waals surface area contributed by atoms with E-state index in [2.05, 4.69) is 20.9 Å². The molecule has 3 nitrogen and oxygen atoms in total. The Hall–Kier alpha value is -1.90. The predicted molar refractivity (Wildman–Crippen MR) is 68.6 cm³/mol. The smallest absolute Gasteiger partial charge is 0.160 e. The predicted octanol–water partition coefficient (Wildman–Crippen LogP) is 3.48. The largest absolute Gasteiger partial charge is 0.454 e. The lowest BCUT2D eigenvalue weighted by atomic mass is 10.2. The van der Waals surface area contributed by atoms with Crippen molar-refractivity contribution in [1.82, 2.24) is 4.98 Å². The summed E-state index contributed by atoms with van der Waals surface area (Å²) in [4.78, 5) is 14.4. The fourth-order valence-electron chi connectivity index (χ4n) is 1.32. The van der Waals surface area contributed by atoms with Gasteiger partial charge in [0.2, 0.25) is 0 Å². The molecule has 0 aliphatic heterocycles. The van der Waals surface area contributed by atoms with Crippen LogP contribution in [-0.2, 0) is 4.79 Å². The molecule has 0 N–H and O–H groups in total. The monoisotopic (exact) mass is 289 g/mol. The molecule has 0 atom stereocenters. The number of benzene rings is 1. The maximum absolute atomic E-state index is 10.4. The maximum atomic E-state index is 10.4. The molecule has 1 heterocycles. The number of hydrogen-bond donors (Lipinski definition) is 0. The molecule has 0 spiro atoms. The van der Waals surface area contributed by atoms with Gasteiger partial charge >= 0.3 is 0 Å². The van der Waals surface area contributed by atoms with Gasteiger partial charge in [0.05, 0.1) is 0 Å². The highest BCUT2D eigenvalue weighted by molar-refractivity contribution is 9.10. The van der Waals surface area contributed by atoms with Crippen LogP contribution in [0.4, 0.5) is 0 Å². The summed E-state index contributed by atoms with van der Waals surface area (Å²) in [5, 5.41) is 0. The molecule has 0 saturated carbocycles. The molecule has 2 rings (SSSR count). The second-order valence-corrected chi connectivity index (χ2v) is 3.95. The zero-order valence-corrected chi connectivity index (χ0v) is 10.3. The number of ether oxygens (including phenoxy) is 1. The summed E-state index contributed by atoms with van der Waals surface area (Å²) in [6.45, 7) is 0. The number of halogens is 1. The minimum absolute atomic E-state index is 0.588. The van der Waals surface area contributed by atoms with Gasteiger partial charge in [-0.3, -0.25) is 0 Å². The Morgan fingerprint density at radius 3 is 2.71 bits per heavy atom. The van der Waals surface area contributed by atoms with Crippen LogP contribution >= 0.6 is 15.9 Å². The lowest BCUT2D eigenvalue weighted by Gasteiger charge is -2.08. The van der Waals surface area contributed by atoms with Crippen LogP contribution in [0, 0.1) is 0 Å². The number of hydrogen-bond acceptors (Lipinski definition) is 3. The van der Waals surface area contributed by atoms with Crippen molar-refractivity contribution < 1.29 is 9.53 Å². The molecule has 2 aromatic rings. The average molecular weight is 290 g/mol. The van der Waals surface area contributed by atoms with Gasteiger partial charge in [-0.05, 0) is 34.1 Å². The molecule has 0 saturated heterocycles. The Kier molecular flexibility index (Phi) is 3.70. The van der Waals surface area contributed by atoms with E-state index in [1.165, 1.54) is 6.08 Å². The zero-order chi connectivity index (χ0) is 12.1. The first-order valence-electron chi connectivity index (χ1n) is 4.89. The van der Waals surface area contributed by atoms with E-state index in [-0.39, 0.29) is 0 Å². The molecular weight excluding hydrogens is 282 g/mol. The molecular formula is C13H8BrNO2. The van der Waals surface area contributed by atoms with Gasteiger partial charge in [-0.15, -0.1) is 0 Å². The van der Waals surface area contributed by atoms with Gasteiger partial charge in [0.1, 0.15) is 16.3 Å². The molecule has 1 aromatic carbocycles. The second-order valence-electron chi connectivity index (χ2n) is 3.19. The Morgan fingerprint density at radius 2 is 1.94 bits per heavy atom. The van der Waals surface area contributed by atoms with Crippen molar-refractivity contribution in [3.05, 3.63) is 52.8 Å². The van der Waals surface area contributed by atoms with Gasteiger partial charge in [-0.1, -0.05) is 18.2 Å². The van der Waals surface area contributed by atoms with Crippen molar-refractivity contribution in [2.75, 3.05) is 0 Å². The highest BCUT2D eigenvalue weighted by Crippen LogP contribution is 2.29. The summed E-state index contributed by atoms with van der Waals surface area (Å²) < 4.78 is 6.29. The van der Waals surface area contributed by atoms with Crippen LogP contribution in [-0.4, -0.2) is 10.9 Å². The summed E-state index contributed by atoms with van der Waals surface area (Å²) in [7, 11) is 0. The molecule has 0 amide bonds. The SMILES string of the molecule is O=C=Cc1ccccc1Oc1cccnc1Br. The van der Waals surface area contributed by atoms with Gasteiger partial charge in [0, 0.05) is 17.8 Å². The number of nitrogens with zero attached hydrogens (tertiary/aromatic N) is 1. The maximum Gasteiger partial charge on any atom is 0.160 e. The summed E-state index contributed by atoms with van der Waals surface area (Å²) in [5.41, 5.74) is 0.679. The van der Waals surface area contributed by atoms with E-state index < -0.39 is 0 Å². The molecule has 4 heteroatoms. The van der Waals surface area contributed by atoms with Gasteiger partial charge < -0.3 is 4.74 Å². The number of rotatable bonds is 3. The Balaban J connectivity index is 2.36. The van der Waals surface area contributed by atoms with Crippen LogP contribution in [0.25, 0.3) is 6.08 Å². The minimum Gasteiger partial charge on any atom is -0.454 e. The van der Waals surface area contributed by atoms with Crippen molar-refractivity contribution in [3.63, 3.8) is 0 Å². The Labute approximate surface area is 107 Å². The average Bonchev–Trinajstić information content (AvgIpc) is 2.35. The third-order valence-electron chi connectivity index (χ3n) is 2.08. The summed E-state index contributed by atoms with van der Waals surface area (Å²) >= 11 is 3.29. The fourth-order valence-corrected chi connectivity index (χ4v) is 1.65. The van der Waals surface area contributed by atoms with E-state index in [9.17, 15) is 4.79 Å². The minimum atomic E-state index is 0.588. The molecule has 0 radical (unpaired) electrons. The standard InChI is InChI=1S/C13H8BrNO2/c14-13-12(6-3-8-15-13)17-11-5-2-1-4-10(11)7-9-16/h1-8H. The first kappa shape index (κ1) is 11.6. The zero-order valence-electron chi connectivity index (χ0n) is 8.76. The molecule has 17 heavy (non-hydrogen) atoms. The van der Waals surface area contributed by atoms with E-state index in [4.69, 9.17) is 4.74 Å². The van der Waals surface area contributed by atoms with Crippen molar-refractivity contribution in [3.8, 4) is 11.5 Å². The fraction of sp³-hybridized carbons (Fsp3) is 0. The molecule has 1 aromatic heterocycles. The highest BCUT2D eigenvalue weighted by Gasteiger charge is 2.05. The summed E-state index contributed by atoms with van der Waals surface area (Å²) in [6.07, 6.45) is 2.99. The third kappa shape index (κ3) is 2.81. The number of carbonyl (C=O) groups excluding carboxylic acids is 1. The molecule has 0 fully saturated rings. The normalized spacial score (nSPS) is 9.47. The van der Waals surface area contributed by atoms with Crippen molar-refractivity contribution >= 4 is 27.9 Å². The molecule has 0 unspecified atom stereocenters. The van der Waals surface area contributed by atoms with E-state index >= 15 is 0 Å². The lowest BCUT2D eigenvalue weighted by Crippen LogP contribution is -1.89. The highest BCUT2D eigenvalue weighted by atomic mass is 79.9.